The molecule has 178 valence electrons. The highest BCUT2D eigenvalue weighted by atomic mass is 32.2. The molecule has 0 unspecified atom stereocenters. The van der Waals surface area contributed by atoms with Crippen LogP contribution in [-0.4, -0.2) is 45.8 Å². The minimum atomic E-state index is -4.93. The maximum Gasteiger partial charge on any atom is 0.417 e. The summed E-state index contributed by atoms with van der Waals surface area (Å²) in [5, 5.41) is 18.4. The number of nitrogens with zero attached hydrogens (tertiary/aromatic N) is 4. The number of allylic oxidation sites excluding steroid dienone is 1. The van der Waals surface area contributed by atoms with Crippen molar-refractivity contribution in [1.82, 2.24) is 25.6 Å². The molecular weight excluding hydrogens is 471 g/mol. The fourth-order valence-electron chi connectivity index (χ4n) is 4.78. The lowest BCUT2D eigenvalue weighted by Crippen LogP contribution is -2.23. The first kappa shape index (κ1) is 22.5. The normalized spacial score (nSPS) is 21.8. The smallest absolute Gasteiger partial charge is 0.361 e. The number of tetrazole rings is 1. The summed E-state index contributed by atoms with van der Waals surface area (Å²) >= 11 is 0. The van der Waals surface area contributed by atoms with Gasteiger partial charge in [0.25, 0.3) is 0 Å². The summed E-state index contributed by atoms with van der Waals surface area (Å²) in [6.45, 7) is 0. The van der Waals surface area contributed by atoms with Crippen LogP contribution in [-0.2, 0) is 16.2 Å². The van der Waals surface area contributed by atoms with Crippen LogP contribution in [0.3, 0.4) is 0 Å². The lowest BCUT2D eigenvalue weighted by atomic mass is 9.79. The first-order chi connectivity index (χ1) is 16.1. The molecule has 0 bridgehead atoms. The van der Waals surface area contributed by atoms with Crippen molar-refractivity contribution in [2.24, 2.45) is 10.1 Å². The Kier molecular flexibility index (Phi) is 5.40. The van der Waals surface area contributed by atoms with E-state index in [0.717, 1.165) is 23.0 Å². The van der Waals surface area contributed by atoms with Gasteiger partial charge in [-0.15, -0.1) is 10.2 Å². The molecule has 0 atom stereocenters. The number of nitrogens with one attached hydrogen (secondary N) is 2. The Morgan fingerprint density at radius 3 is 2.50 bits per heavy atom. The van der Waals surface area contributed by atoms with Crippen LogP contribution >= 0.6 is 0 Å². The minimum Gasteiger partial charge on any atom is -0.361 e. The summed E-state index contributed by atoms with van der Waals surface area (Å²) in [7, 11) is -4.76. The molecule has 1 aromatic carbocycles. The van der Waals surface area contributed by atoms with Crippen molar-refractivity contribution in [1.29, 1.82) is 0 Å². The van der Waals surface area contributed by atoms with E-state index in [1.165, 1.54) is 6.07 Å². The van der Waals surface area contributed by atoms with Crippen LogP contribution in [0.1, 0.15) is 54.0 Å². The molecule has 34 heavy (non-hydrogen) atoms. The fraction of sp³-hybridized carbons (Fsp3) is 0.333. The third-order valence-corrected chi connectivity index (χ3v) is 7.26. The van der Waals surface area contributed by atoms with Gasteiger partial charge in [-0.3, -0.25) is 4.99 Å². The zero-order valence-corrected chi connectivity index (χ0v) is 18.5. The third kappa shape index (κ3) is 4.05. The number of H-pyrrole nitrogens is 2. The van der Waals surface area contributed by atoms with E-state index in [9.17, 15) is 21.6 Å². The number of hydrogen-bond acceptors (Lipinski definition) is 6. The molecule has 1 saturated carbocycles. The van der Waals surface area contributed by atoms with Crippen LogP contribution < -0.4 is 5.14 Å². The topological polar surface area (TPSA) is 143 Å². The van der Waals surface area contributed by atoms with Crippen molar-refractivity contribution >= 4 is 21.8 Å². The number of rotatable bonds is 4. The van der Waals surface area contributed by atoms with Crippen molar-refractivity contribution in [3.63, 3.8) is 0 Å². The minimum absolute atomic E-state index is 0.0533. The lowest BCUT2D eigenvalue weighted by Gasteiger charge is -2.29. The summed E-state index contributed by atoms with van der Waals surface area (Å²) < 4.78 is 65.8. The van der Waals surface area contributed by atoms with Gasteiger partial charge in [0, 0.05) is 23.0 Å². The average molecular weight is 491 g/mol. The van der Waals surface area contributed by atoms with E-state index >= 15 is 0 Å². The second kappa shape index (κ2) is 8.17. The number of aromatic nitrogens is 5. The number of fused-ring (bicyclic) bond motifs is 1. The quantitative estimate of drug-likeness (QED) is 0.513. The molecule has 0 amide bonds. The third-order valence-electron chi connectivity index (χ3n) is 6.27. The van der Waals surface area contributed by atoms with Crippen molar-refractivity contribution in [2.45, 2.75) is 48.7 Å². The van der Waals surface area contributed by atoms with Crippen molar-refractivity contribution in [3.05, 3.63) is 52.9 Å². The van der Waals surface area contributed by atoms with Gasteiger partial charge in [-0.1, -0.05) is 6.07 Å². The number of nitrogens with two attached hydrogens (primary N) is 1. The Balaban J connectivity index is 1.50. The summed E-state index contributed by atoms with van der Waals surface area (Å²) in [5.41, 5.74) is 1.75. The van der Waals surface area contributed by atoms with Crippen molar-refractivity contribution in [2.75, 3.05) is 0 Å². The molecule has 0 aliphatic heterocycles. The van der Waals surface area contributed by atoms with Gasteiger partial charge in [-0.25, -0.2) is 13.6 Å². The Bertz CT molecular complexity index is 1380. The second-order valence-electron chi connectivity index (χ2n) is 8.34. The van der Waals surface area contributed by atoms with Crippen LogP contribution in [0.4, 0.5) is 13.2 Å². The van der Waals surface area contributed by atoms with Crippen molar-refractivity contribution in [3.8, 4) is 11.4 Å². The second-order valence-corrected chi connectivity index (χ2v) is 9.84. The summed E-state index contributed by atoms with van der Waals surface area (Å²) in [6, 6.07) is 4.08. The van der Waals surface area contributed by atoms with Crippen LogP contribution in [0.25, 0.3) is 17.5 Å². The molecule has 9 nitrogen and oxygen atoms in total. The molecule has 2 heterocycles. The highest BCUT2D eigenvalue weighted by Gasteiger charge is 2.40. The molecule has 3 aromatic rings. The molecule has 5 rings (SSSR count). The molecule has 0 radical (unpaired) electrons. The summed E-state index contributed by atoms with van der Waals surface area (Å²) in [5.74, 6) is -0.460. The molecule has 13 heteroatoms. The van der Waals surface area contributed by atoms with E-state index in [0.29, 0.717) is 31.2 Å². The average Bonchev–Trinajstić information content (AvgIpc) is 3.52. The van der Waals surface area contributed by atoms with Gasteiger partial charge in [0.15, 0.2) is 0 Å². The van der Waals surface area contributed by atoms with Gasteiger partial charge < -0.3 is 4.98 Å². The molecule has 0 spiro atoms. The Morgan fingerprint density at radius 2 is 1.85 bits per heavy atom. The maximum absolute atomic E-state index is 13.7. The Morgan fingerprint density at radius 1 is 1.09 bits per heavy atom. The number of primary sulfonamides is 1. The Hall–Kier alpha value is -3.32. The molecular formula is C21H20F3N7O2S. The number of hydrogen-bond donors (Lipinski definition) is 3. The number of sulfonamides is 1. The SMILES string of the molecule is NS(=O)(=O)c1c(C(F)(F)F)ccc(C2CCC(N=C3C=Cc4[nH]ccc43)CC2)c1-c1nn[nH]n1. The first-order valence-electron chi connectivity index (χ1n) is 10.6. The number of benzene rings is 1. The maximum atomic E-state index is 13.7. The highest BCUT2D eigenvalue weighted by molar-refractivity contribution is 7.89. The van der Waals surface area contributed by atoms with Gasteiger partial charge in [-0.2, -0.15) is 18.4 Å². The highest BCUT2D eigenvalue weighted by Crippen LogP contribution is 2.45. The Labute approximate surface area is 192 Å². The van der Waals surface area contributed by atoms with Gasteiger partial charge >= 0.3 is 6.18 Å². The zero-order chi connectivity index (χ0) is 24.1. The number of halogens is 3. The van der Waals surface area contributed by atoms with E-state index in [1.807, 2.05) is 24.4 Å². The first-order valence-corrected chi connectivity index (χ1v) is 12.1. The molecule has 1 fully saturated rings. The molecule has 0 saturated heterocycles. The summed E-state index contributed by atoms with van der Waals surface area (Å²) in [4.78, 5) is 6.97. The van der Waals surface area contributed by atoms with Gasteiger partial charge in [0.05, 0.1) is 17.3 Å². The van der Waals surface area contributed by atoms with Crippen LogP contribution in [0.2, 0.25) is 0 Å². The molecule has 2 aliphatic carbocycles. The van der Waals surface area contributed by atoms with Crippen LogP contribution in [0, 0.1) is 0 Å². The van der Waals surface area contributed by atoms with Crippen LogP contribution in [0.15, 0.2) is 40.4 Å². The summed E-state index contributed by atoms with van der Waals surface area (Å²) in [6.07, 6.45) is 3.44. The van der Waals surface area contributed by atoms with E-state index in [1.54, 1.807) is 0 Å². The fourth-order valence-corrected chi connectivity index (χ4v) is 5.76. The molecule has 2 aromatic heterocycles. The van der Waals surface area contributed by atoms with Gasteiger partial charge in [-0.05, 0) is 66.7 Å². The number of aromatic amines is 2. The van der Waals surface area contributed by atoms with E-state index in [2.05, 4.69) is 25.6 Å². The van der Waals surface area contributed by atoms with E-state index < -0.39 is 26.7 Å². The predicted molar refractivity (Wildman–Crippen MR) is 117 cm³/mol. The standard InChI is InChI=1S/C21H20F3N7O2S/c22-21(23,24)15-6-5-13(18(19(15)34(25,32)33)20-28-30-31-29-20)11-1-3-12(4-2-11)27-17-8-7-16-14(17)9-10-26-16/h5-12,26H,1-4H2,(H2,25,32,33)(H,28,29,30,31). The number of alkyl halides is 3. The zero-order valence-electron chi connectivity index (χ0n) is 17.7. The molecule has 2 aliphatic rings. The van der Waals surface area contributed by atoms with E-state index in [-0.39, 0.29) is 23.3 Å². The van der Waals surface area contributed by atoms with E-state index in [4.69, 9.17) is 10.1 Å². The lowest BCUT2D eigenvalue weighted by molar-refractivity contribution is -0.139. The monoisotopic (exact) mass is 491 g/mol. The van der Waals surface area contributed by atoms with Crippen molar-refractivity contribution < 1.29 is 21.6 Å². The largest absolute Gasteiger partial charge is 0.417 e. The number of aliphatic imine (C=N–C) groups is 1. The predicted octanol–water partition coefficient (Wildman–Crippen LogP) is 3.40. The van der Waals surface area contributed by atoms with Crippen LogP contribution in [0.5, 0.6) is 0 Å². The van der Waals surface area contributed by atoms with Gasteiger partial charge in [0.1, 0.15) is 4.90 Å². The van der Waals surface area contributed by atoms with Gasteiger partial charge in [0.2, 0.25) is 15.8 Å². The molecule has 4 N–H and O–H groups in total.